The van der Waals surface area contributed by atoms with Gasteiger partial charge in [-0.25, -0.2) is 0 Å². The summed E-state index contributed by atoms with van der Waals surface area (Å²) in [5, 5.41) is 14.0. The van der Waals surface area contributed by atoms with Crippen LogP contribution in [0.15, 0.2) is 27.2 Å². The number of aryl methyl sites for hydroxylation is 1. The molecule has 0 saturated heterocycles. The highest BCUT2D eigenvalue weighted by Crippen LogP contribution is 2.21. The molecular formula is C12H11N5O3S. The normalized spacial score (nSPS) is 10.7. The zero-order chi connectivity index (χ0) is 14.7. The number of anilines is 1. The Morgan fingerprint density at radius 3 is 3.05 bits per heavy atom. The molecule has 3 heterocycles. The van der Waals surface area contributed by atoms with Crippen LogP contribution in [0.5, 0.6) is 0 Å². The summed E-state index contributed by atoms with van der Waals surface area (Å²) in [5.74, 6) is 0.281. The first kappa shape index (κ1) is 13.4. The van der Waals surface area contributed by atoms with Crippen LogP contribution in [0.25, 0.3) is 11.7 Å². The number of furan rings is 1. The van der Waals surface area contributed by atoms with Crippen molar-refractivity contribution in [2.75, 3.05) is 5.32 Å². The molecule has 1 amide bonds. The molecule has 21 heavy (non-hydrogen) atoms. The molecule has 0 aliphatic heterocycles. The van der Waals surface area contributed by atoms with E-state index in [0.29, 0.717) is 22.8 Å². The van der Waals surface area contributed by atoms with Crippen LogP contribution in [-0.4, -0.2) is 25.7 Å². The summed E-state index contributed by atoms with van der Waals surface area (Å²) in [6, 6.07) is 3.39. The lowest BCUT2D eigenvalue weighted by Crippen LogP contribution is -2.12. The van der Waals surface area contributed by atoms with Gasteiger partial charge in [-0.3, -0.25) is 10.1 Å². The Bertz CT molecular complexity index is 734. The summed E-state index contributed by atoms with van der Waals surface area (Å²) in [6.45, 7) is 2.01. The molecule has 0 aliphatic rings. The van der Waals surface area contributed by atoms with E-state index in [1.54, 1.807) is 12.1 Å². The van der Waals surface area contributed by atoms with Crippen LogP contribution < -0.4 is 5.32 Å². The molecule has 0 aliphatic carbocycles. The van der Waals surface area contributed by atoms with Crippen LogP contribution in [0.3, 0.4) is 0 Å². The molecule has 3 aromatic rings. The van der Waals surface area contributed by atoms with E-state index >= 15 is 0 Å². The number of hydrogen-bond acceptors (Lipinski definition) is 8. The lowest BCUT2D eigenvalue weighted by molar-refractivity contribution is 0.102. The second-order valence-electron chi connectivity index (χ2n) is 4.14. The van der Waals surface area contributed by atoms with Gasteiger partial charge in [0.25, 0.3) is 11.8 Å². The van der Waals surface area contributed by atoms with Crippen LogP contribution in [0.2, 0.25) is 0 Å². The number of hydrogen-bond donors (Lipinski definition) is 1. The Morgan fingerprint density at radius 2 is 2.29 bits per heavy atom. The lowest BCUT2D eigenvalue weighted by Gasteiger charge is -1.98. The van der Waals surface area contributed by atoms with Crippen molar-refractivity contribution in [1.82, 2.24) is 19.8 Å². The Hall–Kier alpha value is -2.55. The minimum Gasteiger partial charge on any atom is -0.459 e. The average Bonchev–Trinajstić information content (AvgIpc) is 3.20. The zero-order valence-corrected chi connectivity index (χ0v) is 11.9. The average molecular weight is 305 g/mol. The molecule has 0 unspecified atom stereocenters. The molecule has 8 nitrogen and oxygen atoms in total. The van der Waals surface area contributed by atoms with Gasteiger partial charge in [0, 0.05) is 0 Å². The Morgan fingerprint density at radius 1 is 1.38 bits per heavy atom. The number of nitrogens with zero attached hydrogens (tertiary/aromatic N) is 4. The number of carbonyl (C=O) groups is 1. The molecule has 0 atom stereocenters. The van der Waals surface area contributed by atoms with Crippen LogP contribution in [0.1, 0.15) is 28.7 Å². The van der Waals surface area contributed by atoms with E-state index in [9.17, 15) is 4.79 Å². The molecule has 9 heteroatoms. The van der Waals surface area contributed by atoms with Crippen molar-refractivity contribution in [2.45, 2.75) is 19.8 Å². The van der Waals surface area contributed by atoms with Crippen molar-refractivity contribution in [3.05, 3.63) is 29.0 Å². The third-order valence-electron chi connectivity index (χ3n) is 2.63. The maximum absolute atomic E-state index is 12.1. The molecule has 108 valence electrons. The van der Waals surface area contributed by atoms with E-state index in [2.05, 4.69) is 25.1 Å². The summed E-state index contributed by atoms with van der Waals surface area (Å²) in [4.78, 5) is 12.6. The molecule has 0 spiro atoms. The van der Waals surface area contributed by atoms with Crippen molar-refractivity contribution in [1.29, 1.82) is 0 Å². The molecule has 0 aromatic carbocycles. The topological polar surface area (TPSA) is 107 Å². The maximum atomic E-state index is 12.1. The van der Waals surface area contributed by atoms with Crippen molar-refractivity contribution in [2.24, 2.45) is 0 Å². The minimum absolute atomic E-state index is 0.00208. The van der Waals surface area contributed by atoms with E-state index in [1.807, 2.05) is 6.92 Å². The standard InChI is InChI=1S/C12H11N5O3S/c1-2-4-7-9(21-17-14-7)10(18)13-12-16-15-11(20-12)8-5-3-6-19-8/h3,5-6H,2,4H2,1H3,(H,13,16,18). The smallest absolute Gasteiger partial charge is 0.322 e. The summed E-state index contributed by atoms with van der Waals surface area (Å²) in [7, 11) is 0. The third kappa shape index (κ3) is 2.82. The van der Waals surface area contributed by atoms with Gasteiger partial charge in [-0.1, -0.05) is 22.9 Å². The number of nitrogens with one attached hydrogen (secondary N) is 1. The predicted molar refractivity (Wildman–Crippen MR) is 73.9 cm³/mol. The van der Waals surface area contributed by atoms with Crippen LogP contribution >= 0.6 is 11.5 Å². The Labute approximate surface area is 123 Å². The van der Waals surface area contributed by atoms with Gasteiger partial charge in [0.15, 0.2) is 5.76 Å². The number of carbonyl (C=O) groups excluding carboxylic acids is 1. The summed E-state index contributed by atoms with van der Waals surface area (Å²) < 4.78 is 14.2. The lowest BCUT2D eigenvalue weighted by atomic mass is 10.2. The van der Waals surface area contributed by atoms with Crippen LogP contribution in [-0.2, 0) is 6.42 Å². The Kier molecular flexibility index (Phi) is 3.73. The van der Waals surface area contributed by atoms with E-state index < -0.39 is 0 Å². The van der Waals surface area contributed by atoms with E-state index in [4.69, 9.17) is 8.83 Å². The predicted octanol–water partition coefficient (Wildman–Crippen LogP) is 2.39. The molecule has 3 rings (SSSR count). The molecule has 0 bridgehead atoms. The van der Waals surface area contributed by atoms with Crippen molar-refractivity contribution >= 4 is 23.5 Å². The monoisotopic (exact) mass is 305 g/mol. The van der Waals surface area contributed by atoms with Crippen LogP contribution in [0, 0.1) is 0 Å². The van der Waals surface area contributed by atoms with Gasteiger partial charge >= 0.3 is 6.01 Å². The first-order valence-corrected chi connectivity index (χ1v) is 7.05. The SMILES string of the molecule is CCCc1nnsc1C(=O)Nc1nnc(-c2ccco2)o1. The molecule has 1 N–H and O–H groups in total. The van der Waals surface area contributed by atoms with Gasteiger partial charge in [-0.15, -0.1) is 10.2 Å². The van der Waals surface area contributed by atoms with Gasteiger partial charge in [-0.2, -0.15) is 0 Å². The molecule has 0 radical (unpaired) electrons. The second kappa shape index (κ2) is 5.83. The second-order valence-corrected chi connectivity index (χ2v) is 4.90. The van der Waals surface area contributed by atoms with Crippen molar-refractivity contribution < 1.29 is 13.6 Å². The first-order chi connectivity index (χ1) is 10.3. The third-order valence-corrected chi connectivity index (χ3v) is 3.39. The Balaban J connectivity index is 1.74. The summed E-state index contributed by atoms with van der Waals surface area (Å²) >= 11 is 1.04. The van der Waals surface area contributed by atoms with Gasteiger partial charge in [-0.05, 0) is 30.1 Å². The maximum Gasteiger partial charge on any atom is 0.322 e. The fourth-order valence-corrected chi connectivity index (χ4v) is 2.31. The fourth-order valence-electron chi connectivity index (χ4n) is 1.71. The van der Waals surface area contributed by atoms with E-state index in [0.717, 1.165) is 18.0 Å². The van der Waals surface area contributed by atoms with Crippen molar-refractivity contribution in [3.8, 4) is 11.7 Å². The van der Waals surface area contributed by atoms with Gasteiger partial charge in [0.05, 0.1) is 12.0 Å². The fraction of sp³-hybridized carbons (Fsp3) is 0.250. The molecular weight excluding hydrogens is 294 g/mol. The van der Waals surface area contributed by atoms with E-state index in [1.165, 1.54) is 6.26 Å². The molecule has 0 saturated carbocycles. The van der Waals surface area contributed by atoms with Gasteiger partial charge in [0.1, 0.15) is 4.88 Å². The van der Waals surface area contributed by atoms with Gasteiger partial charge < -0.3 is 8.83 Å². The highest BCUT2D eigenvalue weighted by atomic mass is 32.1. The zero-order valence-electron chi connectivity index (χ0n) is 11.1. The highest BCUT2D eigenvalue weighted by molar-refractivity contribution is 7.08. The number of rotatable bonds is 5. The minimum atomic E-state index is -0.358. The van der Waals surface area contributed by atoms with Crippen LogP contribution in [0.4, 0.5) is 6.01 Å². The van der Waals surface area contributed by atoms with E-state index in [-0.39, 0.29) is 17.8 Å². The van der Waals surface area contributed by atoms with Gasteiger partial charge in [0.2, 0.25) is 0 Å². The quantitative estimate of drug-likeness (QED) is 0.771. The number of aromatic nitrogens is 4. The summed E-state index contributed by atoms with van der Waals surface area (Å²) in [5.41, 5.74) is 0.672. The largest absolute Gasteiger partial charge is 0.459 e. The first-order valence-electron chi connectivity index (χ1n) is 6.28. The molecule has 0 fully saturated rings. The molecule has 3 aromatic heterocycles. The highest BCUT2D eigenvalue weighted by Gasteiger charge is 2.19. The summed E-state index contributed by atoms with van der Waals surface area (Å²) in [6.07, 6.45) is 3.08. The van der Waals surface area contributed by atoms with Crippen molar-refractivity contribution in [3.63, 3.8) is 0 Å². The number of amides is 1.